The fraction of sp³-hybridized carbons (Fsp3) is 0.500. The van der Waals surface area contributed by atoms with Crippen molar-refractivity contribution < 1.29 is 28.2 Å². The van der Waals surface area contributed by atoms with Crippen LogP contribution in [0, 0.1) is 0 Å². The minimum Gasteiger partial charge on any atom is -0.495 e. The van der Waals surface area contributed by atoms with Crippen molar-refractivity contribution in [2.45, 2.75) is 44.1 Å². The van der Waals surface area contributed by atoms with Crippen molar-refractivity contribution in [3.05, 3.63) is 30.0 Å². The highest BCUT2D eigenvalue weighted by molar-refractivity contribution is 6.02. The topological polar surface area (TPSA) is 120 Å². The molecule has 36 heavy (non-hydrogen) atoms. The van der Waals surface area contributed by atoms with Crippen molar-refractivity contribution in [2.75, 3.05) is 49.0 Å². The first kappa shape index (κ1) is 25.5. The van der Waals surface area contributed by atoms with E-state index in [1.165, 1.54) is 26.4 Å². The average Bonchev–Trinajstić information content (AvgIpc) is 2.96. The van der Waals surface area contributed by atoms with E-state index < -0.39 is 18.4 Å². The minimum absolute atomic E-state index is 0.123. The Kier molecular flexibility index (Phi) is 7.53. The van der Waals surface area contributed by atoms with Crippen molar-refractivity contribution in [1.82, 2.24) is 15.3 Å². The fourth-order valence-electron chi connectivity index (χ4n) is 4.61. The van der Waals surface area contributed by atoms with Gasteiger partial charge in [-0.15, -0.1) is 0 Å². The molecule has 4 rings (SSSR count). The number of aliphatic hydroxyl groups excluding tert-OH is 1. The Morgan fingerprint density at radius 2 is 2.03 bits per heavy atom. The number of hydrogen-bond donors (Lipinski definition) is 3. The molecule has 0 spiro atoms. The Bertz CT molecular complexity index is 1130. The van der Waals surface area contributed by atoms with Gasteiger partial charge >= 0.3 is 5.92 Å². The van der Waals surface area contributed by atoms with Crippen molar-refractivity contribution in [3.8, 4) is 5.75 Å². The quantitative estimate of drug-likeness (QED) is 0.527. The molecule has 2 amide bonds. The molecule has 0 unspecified atom stereocenters. The number of fused-ring (bicyclic) bond motifs is 1. The lowest BCUT2D eigenvalue weighted by Gasteiger charge is -2.35. The number of carbonyl (C=O) groups excluding carboxylic acids is 2. The van der Waals surface area contributed by atoms with Gasteiger partial charge in [-0.1, -0.05) is 19.3 Å². The molecule has 12 heteroatoms. The number of hydrogen-bond acceptors (Lipinski definition) is 8. The van der Waals surface area contributed by atoms with E-state index >= 15 is 0 Å². The predicted molar refractivity (Wildman–Crippen MR) is 130 cm³/mol. The normalized spacial score (nSPS) is 17.9. The first-order chi connectivity index (χ1) is 17.2. The Balaban J connectivity index is 1.67. The van der Waals surface area contributed by atoms with Gasteiger partial charge in [0.25, 0.3) is 11.8 Å². The Morgan fingerprint density at radius 1 is 1.28 bits per heavy atom. The second-order valence-electron chi connectivity index (χ2n) is 8.91. The van der Waals surface area contributed by atoms with Gasteiger partial charge in [-0.25, -0.2) is 4.98 Å². The summed E-state index contributed by atoms with van der Waals surface area (Å²) < 4.78 is 35.1. The summed E-state index contributed by atoms with van der Waals surface area (Å²) in [6, 6.07) is 4.56. The van der Waals surface area contributed by atoms with Crippen molar-refractivity contribution in [2.24, 2.45) is 0 Å². The maximum absolute atomic E-state index is 14.8. The number of aliphatic hydroxyl groups is 1. The molecule has 2 aliphatic rings. The van der Waals surface area contributed by atoms with E-state index in [1.807, 2.05) is 0 Å². The van der Waals surface area contributed by atoms with Crippen molar-refractivity contribution in [1.29, 1.82) is 0 Å². The summed E-state index contributed by atoms with van der Waals surface area (Å²) in [6.07, 6.45) is 5.76. The summed E-state index contributed by atoms with van der Waals surface area (Å²) >= 11 is 0. The Hall–Kier alpha value is -3.54. The lowest BCUT2D eigenvalue weighted by Crippen LogP contribution is -2.49. The van der Waals surface area contributed by atoms with Crippen LogP contribution in [-0.4, -0.2) is 72.7 Å². The van der Waals surface area contributed by atoms with E-state index in [9.17, 15) is 18.4 Å². The first-order valence-corrected chi connectivity index (χ1v) is 11.9. The molecule has 3 N–H and O–H groups in total. The molecule has 1 aliphatic heterocycles. The van der Waals surface area contributed by atoms with Gasteiger partial charge in [0, 0.05) is 25.2 Å². The van der Waals surface area contributed by atoms with E-state index in [-0.39, 0.29) is 42.6 Å². The lowest BCUT2D eigenvalue weighted by molar-refractivity contribution is -0.140. The second kappa shape index (κ2) is 10.6. The zero-order valence-corrected chi connectivity index (χ0v) is 20.3. The molecule has 2 heterocycles. The molecule has 1 saturated carbocycles. The number of methoxy groups -OCH3 is 1. The van der Waals surface area contributed by atoms with Crippen LogP contribution in [0.5, 0.6) is 5.75 Å². The van der Waals surface area contributed by atoms with Crippen LogP contribution in [0.4, 0.5) is 31.9 Å². The summed E-state index contributed by atoms with van der Waals surface area (Å²) in [5.74, 6) is -4.47. The number of carbonyl (C=O) groups is 2. The van der Waals surface area contributed by atoms with Gasteiger partial charge in [-0.2, -0.15) is 13.8 Å². The molecule has 2 aromatic rings. The third kappa shape index (κ3) is 5.18. The number of nitrogens with one attached hydrogen (secondary N) is 2. The van der Waals surface area contributed by atoms with Crippen LogP contribution in [0.2, 0.25) is 0 Å². The van der Waals surface area contributed by atoms with E-state index in [1.54, 1.807) is 17.0 Å². The molecule has 1 fully saturated rings. The molecule has 1 aromatic heterocycles. The molecule has 1 aromatic carbocycles. The second-order valence-corrected chi connectivity index (χ2v) is 8.91. The van der Waals surface area contributed by atoms with Crippen LogP contribution in [0.3, 0.4) is 0 Å². The van der Waals surface area contributed by atoms with E-state index in [4.69, 9.17) is 9.84 Å². The molecule has 0 saturated heterocycles. The number of nitrogens with zero attached hydrogens (tertiary/aromatic N) is 4. The highest BCUT2D eigenvalue weighted by Crippen LogP contribution is 2.39. The molecule has 0 bridgehead atoms. The number of aromatic nitrogens is 2. The van der Waals surface area contributed by atoms with Gasteiger partial charge < -0.3 is 30.3 Å². The predicted octanol–water partition coefficient (Wildman–Crippen LogP) is 2.70. The van der Waals surface area contributed by atoms with Gasteiger partial charge in [0.15, 0.2) is 5.82 Å². The van der Waals surface area contributed by atoms with Gasteiger partial charge in [-0.3, -0.25) is 9.59 Å². The monoisotopic (exact) mass is 504 g/mol. The highest BCUT2D eigenvalue weighted by atomic mass is 19.3. The zero-order valence-electron chi connectivity index (χ0n) is 20.3. The van der Waals surface area contributed by atoms with Crippen LogP contribution >= 0.6 is 0 Å². The number of benzene rings is 1. The summed E-state index contributed by atoms with van der Waals surface area (Å²) in [4.78, 5) is 36.0. The maximum Gasteiger partial charge on any atom is 0.342 e. The standard InChI is InChI=1S/C24H30F2N6O4/c1-31-18-13-28-23(29-17-9-8-15(12-19(17)36-2)21(34)27-10-11-33)30-20(18)32(14-24(25,26)22(31)35)16-6-4-3-5-7-16/h8-9,12-13,16,33H,3-7,10-11,14H2,1-2H3,(H,27,34)(H,28,29,30). The lowest BCUT2D eigenvalue weighted by atomic mass is 9.94. The van der Waals surface area contributed by atoms with Gasteiger partial charge in [-0.05, 0) is 31.0 Å². The van der Waals surface area contributed by atoms with E-state index in [0.29, 0.717) is 17.0 Å². The largest absolute Gasteiger partial charge is 0.495 e. The van der Waals surface area contributed by atoms with Crippen LogP contribution < -0.4 is 25.2 Å². The molecule has 194 valence electrons. The maximum atomic E-state index is 14.8. The van der Waals surface area contributed by atoms with E-state index in [2.05, 4.69) is 20.6 Å². The number of amides is 2. The number of alkyl halides is 2. The Morgan fingerprint density at radius 3 is 2.72 bits per heavy atom. The molecular formula is C24H30F2N6O4. The molecule has 10 nitrogen and oxygen atoms in total. The molecule has 1 aliphatic carbocycles. The molecular weight excluding hydrogens is 474 g/mol. The van der Waals surface area contributed by atoms with Crippen molar-refractivity contribution >= 4 is 35.0 Å². The van der Waals surface area contributed by atoms with Gasteiger partial charge in [0.2, 0.25) is 5.95 Å². The van der Waals surface area contributed by atoms with Crippen molar-refractivity contribution in [3.63, 3.8) is 0 Å². The summed E-state index contributed by atoms with van der Waals surface area (Å²) in [5, 5.41) is 14.5. The fourth-order valence-corrected chi connectivity index (χ4v) is 4.61. The van der Waals surface area contributed by atoms with Gasteiger partial charge in [0.05, 0.1) is 32.1 Å². The average molecular weight is 505 g/mol. The minimum atomic E-state index is -3.56. The van der Waals surface area contributed by atoms with Gasteiger partial charge in [0.1, 0.15) is 11.4 Å². The highest BCUT2D eigenvalue weighted by Gasteiger charge is 2.48. The third-order valence-electron chi connectivity index (χ3n) is 6.49. The molecule has 0 atom stereocenters. The smallest absolute Gasteiger partial charge is 0.342 e. The molecule has 0 radical (unpaired) electrons. The number of halogens is 2. The number of anilines is 4. The number of ether oxygens (including phenoxy) is 1. The summed E-state index contributed by atoms with van der Waals surface area (Å²) in [6.45, 7) is -0.800. The Labute approximate surface area is 207 Å². The van der Waals surface area contributed by atoms with Crippen LogP contribution in [0.25, 0.3) is 0 Å². The van der Waals surface area contributed by atoms with Crippen LogP contribution in [0.15, 0.2) is 24.4 Å². The summed E-state index contributed by atoms with van der Waals surface area (Å²) in [7, 11) is 2.75. The first-order valence-electron chi connectivity index (χ1n) is 11.9. The SMILES string of the molecule is COc1cc(C(=O)NCCO)ccc1Nc1ncc2c(n1)N(C1CCCCC1)CC(F)(F)C(=O)N2C. The van der Waals surface area contributed by atoms with E-state index in [0.717, 1.165) is 37.0 Å². The van der Waals surface area contributed by atoms with Crippen LogP contribution in [-0.2, 0) is 4.79 Å². The third-order valence-corrected chi connectivity index (χ3v) is 6.49. The van der Waals surface area contributed by atoms with Crippen LogP contribution in [0.1, 0.15) is 42.5 Å². The summed E-state index contributed by atoms with van der Waals surface area (Å²) in [5.41, 5.74) is 1.01. The number of rotatable bonds is 7. The zero-order chi connectivity index (χ0) is 25.9.